The van der Waals surface area contributed by atoms with Gasteiger partial charge in [0.05, 0.1) is 26.9 Å². The van der Waals surface area contributed by atoms with Gasteiger partial charge in [0.2, 0.25) is 0 Å². The predicted molar refractivity (Wildman–Crippen MR) is 91.9 cm³/mol. The highest BCUT2D eigenvalue weighted by Gasteiger charge is 2.23. The first-order valence-electron chi connectivity index (χ1n) is 7.35. The van der Waals surface area contributed by atoms with Crippen molar-refractivity contribution in [3.8, 4) is 0 Å². The van der Waals surface area contributed by atoms with Crippen LogP contribution < -0.4 is 10.6 Å². The molecule has 0 saturated heterocycles. The largest absolute Gasteiger partial charge is 0.368 e. The summed E-state index contributed by atoms with van der Waals surface area (Å²) in [5.74, 6) is -0.539. The van der Waals surface area contributed by atoms with E-state index in [0.717, 1.165) is 12.1 Å². The van der Waals surface area contributed by atoms with Gasteiger partial charge in [0.15, 0.2) is 12.0 Å². The number of carbonyl (C=O) groups is 1. The number of benzene rings is 2. The van der Waals surface area contributed by atoms with Gasteiger partial charge in [0, 0.05) is 35.9 Å². The normalized spacial score (nSPS) is 17.0. The third-order valence-corrected chi connectivity index (χ3v) is 3.71. The Kier molecular flexibility index (Phi) is 4.33. The lowest BCUT2D eigenvalue weighted by atomic mass is 10.1. The lowest BCUT2D eigenvalue weighted by Gasteiger charge is -2.27. The standard InChI is InChI=1S/C16H12N4O6/c21-15(9-2-1-3-10(6-9)19(23)24)8-14-16(22)18-13-7-11(20(25)26)4-5-12(13)17-14/h1-8,16-18,22H/b14-8+. The topological polar surface area (TPSA) is 148 Å². The maximum atomic E-state index is 12.3. The molecule has 26 heavy (non-hydrogen) atoms. The quantitative estimate of drug-likeness (QED) is 0.327. The van der Waals surface area contributed by atoms with Gasteiger partial charge < -0.3 is 15.7 Å². The molecule has 3 N–H and O–H groups in total. The molecule has 1 atom stereocenters. The molecule has 3 rings (SSSR count). The number of non-ortho nitro benzene ring substituents is 2. The minimum atomic E-state index is -1.30. The molecule has 0 amide bonds. The average molecular weight is 356 g/mol. The Morgan fingerprint density at radius 2 is 1.73 bits per heavy atom. The van der Waals surface area contributed by atoms with Crippen molar-refractivity contribution in [3.63, 3.8) is 0 Å². The van der Waals surface area contributed by atoms with Crippen molar-refractivity contribution in [3.05, 3.63) is 80.0 Å². The number of aliphatic hydroxyl groups excluding tert-OH is 1. The molecular formula is C16H12N4O6. The first kappa shape index (κ1) is 17.0. The molecule has 1 heterocycles. The Labute approximate surface area is 146 Å². The zero-order chi connectivity index (χ0) is 18.8. The minimum absolute atomic E-state index is 0.0928. The van der Waals surface area contributed by atoms with E-state index >= 15 is 0 Å². The molecule has 0 aliphatic carbocycles. The van der Waals surface area contributed by atoms with Gasteiger partial charge in [-0.2, -0.15) is 0 Å². The van der Waals surface area contributed by atoms with E-state index in [1.54, 1.807) is 0 Å². The fourth-order valence-electron chi connectivity index (χ4n) is 2.44. The second kappa shape index (κ2) is 6.61. The van der Waals surface area contributed by atoms with E-state index in [-0.39, 0.29) is 22.6 Å². The number of nitrogens with zero attached hydrogens (tertiary/aromatic N) is 2. The highest BCUT2D eigenvalue weighted by Crippen LogP contribution is 2.32. The van der Waals surface area contributed by atoms with Crippen molar-refractivity contribution < 1.29 is 19.7 Å². The molecule has 0 aromatic heterocycles. The van der Waals surface area contributed by atoms with Crippen LogP contribution >= 0.6 is 0 Å². The first-order chi connectivity index (χ1) is 12.3. The lowest BCUT2D eigenvalue weighted by Crippen LogP contribution is -2.31. The summed E-state index contributed by atoms with van der Waals surface area (Å²) in [6.45, 7) is 0. The number of rotatable bonds is 4. The molecule has 132 valence electrons. The van der Waals surface area contributed by atoms with E-state index in [2.05, 4.69) is 10.6 Å². The minimum Gasteiger partial charge on any atom is -0.368 e. The van der Waals surface area contributed by atoms with Crippen LogP contribution in [0.15, 0.2) is 54.2 Å². The summed E-state index contributed by atoms with van der Waals surface area (Å²) in [4.78, 5) is 32.7. The van der Waals surface area contributed by atoms with Gasteiger partial charge in [-0.3, -0.25) is 25.0 Å². The Morgan fingerprint density at radius 3 is 2.42 bits per heavy atom. The Balaban J connectivity index is 1.87. The van der Waals surface area contributed by atoms with E-state index in [0.29, 0.717) is 11.4 Å². The highest BCUT2D eigenvalue weighted by atomic mass is 16.6. The lowest BCUT2D eigenvalue weighted by molar-refractivity contribution is -0.385. The van der Waals surface area contributed by atoms with Crippen LogP contribution in [0.2, 0.25) is 0 Å². The van der Waals surface area contributed by atoms with Crippen molar-refractivity contribution in [2.24, 2.45) is 0 Å². The van der Waals surface area contributed by atoms with Gasteiger partial charge in [-0.05, 0) is 6.07 Å². The Bertz CT molecular complexity index is 956. The smallest absolute Gasteiger partial charge is 0.271 e. The monoisotopic (exact) mass is 356 g/mol. The number of hydrogen-bond acceptors (Lipinski definition) is 8. The van der Waals surface area contributed by atoms with Crippen LogP contribution in [0.25, 0.3) is 0 Å². The van der Waals surface area contributed by atoms with Gasteiger partial charge in [-0.25, -0.2) is 0 Å². The summed E-state index contributed by atoms with van der Waals surface area (Å²) < 4.78 is 0. The zero-order valence-corrected chi connectivity index (χ0v) is 13.1. The van der Waals surface area contributed by atoms with Crippen LogP contribution in [0.3, 0.4) is 0 Å². The second-order valence-corrected chi connectivity index (χ2v) is 5.43. The van der Waals surface area contributed by atoms with E-state index in [4.69, 9.17) is 0 Å². The van der Waals surface area contributed by atoms with Gasteiger partial charge >= 0.3 is 0 Å². The summed E-state index contributed by atoms with van der Waals surface area (Å²) in [7, 11) is 0. The van der Waals surface area contributed by atoms with E-state index in [1.165, 1.54) is 36.4 Å². The summed E-state index contributed by atoms with van der Waals surface area (Å²) >= 11 is 0. The maximum Gasteiger partial charge on any atom is 0.271 e. The number of nitro groups is 2. The molecule has 0 saturated carbocycles. The molecule has 10 heteroatoms. The van der Waals surface area contributed by atoms with Crippen LogP contribution in [-0.2, 0) is 0 Å². The molecule has 0 radical (unpaired) electrons. The number of fused-ring (bicyclic) bond motifs is 1. The van der Waals surface area contributed by atoms with Crippen molar-refractivity contribution in [1.82, 2.24) is 0 Å². The van der Waals surface area contributed by atoms with Crippen molar-refractivity contribution >= 4 is 28.5 Å². The number of anilines is 2. The van der Waals surface area contributed by atoms with Gasteiger partial charge in [0.25, 0.3) is 11.4 Å². The van der Waals surface area contributed by atoms with Gasteiger partial charge in [0.1, 0.15) is 0 Å². The predicted octanol–water partition coefficient (Wildman–Crippen LogP) is 2.43. The summed E-state index contributed by atoms with van der Waals surface area (Å²) in [6, 6.07) is 9.20. The van der Waals surface area contributed by atoms with Crippen LogP contribution in [0.1, 0.15) is 10.4 Å². The molecule has 1 unspecified atom stereocenters. The average Bonchev–Trinajstić information content (AvgIpc) is 2.61. The zero-order valence-electron chi connectivity index (χ0n) is 13.1. The number of carbonyl (C=O) groups excluding carboxylic acids is 1. The van der Waals surface area contributed by atoms with Crippen molar-refractivity contribution in [2.75, 3.05) is 10.6 Å². The van der Waals surface area contributed by atoms with E-state index in [1.807, 2.05) is 0 Å². The van der Waals surface area contributed by atoms with Gasteiger partial charge in [-0.15, -0.1) is 0 Å². The molecule has 2 aromatic carbocycles. The third kappa shape index (κ3) is 3.35. The molecular weight excluding hydrogens is 344 g/mol. The number of hydrogen-bond donors (Lipinski definition) is 3. The molecule has 10 nitrogen and oxygen atoms in total. The highest BCUT2D eigenvalue weighted by molar-refractivity contribution is 6.05. The van der Waals surface area contributed by atoms with Crippen molar-refractivity contribution in [1.29, 1.82) is 0 Å². The van der Waals surface area contributed by atoms with Crippen LogP contribution in [0.5, 0.6) is 0 Å². The SMILES string of the molecule is O=C(/C=C1/Nc2ccc([N+](=O)[O-])cc2NC1O)c1cccc([N+](=O)[O-])c1. The molecule has 1 aliphatic rings. The van der Waals surface area contributed by atoms with E-state index < -0.39 is 21.9 Å². The number of allylic oxidation sites excluding steroid dienone is 1. The number of ketones is 1. The Hall–Kier alpha value is -3.79. The number of nitrogens with one attached hydrogen (secondary N) is 2. The fourth-order valence-corrected chi connectivity index (χ4v) is 2.44. The van der Waals surface area contributed by atoms with Crippen molar-refractivity contribution in [2.45, 2.75) is 6.23 Å². The van der Waals surface area contributed by atoms with Crippen LogP contribution in [0.4, 0.5) is 22.7 Å². The second-order valence-electron chi connectivity index (χ2n) is 5.43. The number of nitro benzene ring substituents is 2. The molecule has 0 spiro atoms. The molecule has 1 aliphatic heterocycles. The van der Waals surface area contributed by atoms with E-state index in [9.17, 15) is 30.1 Å². The van der Waals surface area contributed by atoms with Crippen LogP contribution in [0, 0.1) is 20.2 Å². The summed E-state index contributed by atoms with van der Waals surface area (Å²) in [5, 5.41) is 37.2. The Morgan fingerprint density at radius 1 is 1.04 bits per heavy atom. The maximum absolute atomic E-state index is 12.3. The third-order valence-electron chi connectivity index (χ3n) is 3.71. The molecule has 0 bridgehead atoms. The summed E-state index contributed by atoms with van der Waals surface area (Å²) in [6.07, 6.45) is -0.187. The van der Waals surface area contributed by atoms with Gasteiger partial charge in [-0.1, -0.05) is 12.1 Å². The summed E-state index contributed by atoms with van der Waals surface area (Å²) in [5.41, 5.74) is 0.594. The fraction of sp³-hybridized carbons (Fsp3) is 0.0625. The molecule has 2 aromatic rings. The first-order valence-corrected chi connectivity index (χ1v) is 7.35. The van der Waals surface area contributed by atoms with Crippen LogP contribution in [-0.4, -0.2) is 27.0 Å². The molecule has 0 fully saturated rings. The number of aliphatic hydroxyl groups is 1.